The maximum absolute atomic E-state index is 12.4. The van der Waals surface area contributed by atoms with Gasteiger partial charge in [0.05, 0.1) is 12.7 Å². The molecule has 0 saturated carbocycles. The van der Waals surface area contributed by atoms with Crippen LogP contribution in [0.5, 0.6) is 0 Å². The van der Waals surface area contributed by atoms with Crippen LogP contribution in [0.25, 0.3) is 0 Å². The third-order valence-corrected chi connectivity index (χ3v) is 4.18. The molecule has 0 unspecified atom stereocenters. The number of aromatic nitrogens is 1. The van der Waals surface area contributed by atoms with Gasteiger partial charge in [0, 0.05) is 31.9 Å². The lowest BCUT2D eigenvalue weighted by atomic mass is 10.0. The smallest absolute Gasteiger partial charge is 0.223 e. The molecular formula is C18H28N2O2. The molecule has 1 fully saturated rings. The fourth-order valence-electron chi connectivity index (χ4n) is 2.83. The van der Waals surface area contributed by atoms with Crippen LogP contribution in [0, 0.1) is 5.92 Å². The van der Waals surface area contributed by atoms with Crippen molar-refractivity contribution in [3.05, 3.63) is 30.1 Å². The molecular weight excluding hydrogens is 276 g/mol. The molecule has 0 bridgehead atoms. The summed E-state index contributed by atoms with van der Waals surface area (Å²) in [6, 6.07) is 3.95. The first-order valence-corrected chi connectivity index (χ1v) is 8.43. The van der Waals surface area contributed by atoms with Crippen LogP contribution < -0.4 is 0 Å². The molecule has 2 heterocycles. The van der Waals surface area contributed by atoms with Crippen LogP contribution in [0.2, 0.25) is 0 Å². The van der Waals surface area contributed by atoms with E-state index in [1.807, 2.05) is 17.0 Å². The number of nitrogens with zero attached hydrogens (tertiary/aromatic N) is 2. The number of hydrogen-bond acceptors (Lipinski definition) is 3. The van der Waals surface area contributed by atoms with Gasteiger partial charge < -0.3 is 9.64 Å². The summed E-state index contributed by atoms with van der Waals surface area (Å²) in [5.41, 5.74) is 1.17. The Morgan fingerprint density at radius 2 is 2.18 bits per heavy atom. The lowest BCUT2D eigenvalue weighted by Gasteiger charge is -2.33. The molecule has 1 saturated heterocycles. The highest BCUT2D eigenvalue weighted by Gasteiger charge is 2.23. The molecule has 0 aliphatic carbocycles. The van der Waals surface area contributed by atoms with Crippen LogP contribution >= 0.6 is 0 Å². The normalized spacial score (nSPS) is 18.7. The second kappa shape index (κ2) is 8.89. The molecule has 0 spiro atoms. The number of rotatable bonds is 7. The second-order valence-electron chi connectivity index (χ2n) is 6.51. The molecule has 0 N–H and O–H groups in total. The number of carbonyl (C=O) groups is 1. The summed E-state index contributed by atoms with van der Waals surface area (Å²) in [7, 11) is 0. The summed E-state index contributed by atoms with van der Waals surface area (Å²) >= 11 is 0. The van der Waals surface area contributed by atoms with Crippen LogP contribution in [0.15, 0.2) is 24.5 Å². The quantitative estimate of drug-likeness (QED) is 0.777. The van der Waals surface area contributed by atoms with Crippen LogP contribution in [0.1, 0.15) is 45.1 Å². The topological polar surface area (TPSA) is 42.4 Å². The predicted octanol–water partition coefficient (Wildman–Crippen LogP) is 3.07. The monoisotopic (exact) mass is 304 g/mol. The van der Waals surface area contributed by atoms with Crippen molar-refractivity contribution in [3.63, 3.8) is 0 Å². The zero-order valence-electron chi connectivity index (χ0n) is 13.8. The molecule has 1 aromatic heterocycles. The fraction of sp³-hybridized carbons (Fsp3) is 0.667. The van der Waals surface area contributed by atoms with E-state index in [0.29, 0.717) is 13.0 Å². The zero-order chi connectivity index (χ0) is 15.8. The van der Waals surface area contributed by atoms with Gasteiger partial charge in [0.2, 0.25) is 5.91 Å². The molecule has 1 aliphatic rings. The van der Waals surface area contributed by atoms with Crippen molar-refractivity contribution in [3.8, 4) is 0 Å². The standard InChI is InChI=1S/C18H28N2O2/c1-15(2)4-3-5-17-14-20(12-13-22-17)18(21)7-6-16-8-10-19-11-9-16/h8-11,15,17H,3-7,12-14H2,1-2H3/t17-/m0/s1. The largest absolute Gasteiger partial charge is 0.375 e. The summed E-state index contributed by atoms with van der Waals surface area (Å²) in [6.07, 6.45) is 8.61. The number of hydrogen-bond donors (Lipinski definition) is 0. The van der Waals surface area contributed by atoms with Gasteiger partial charge in [-0.15, -0.1) is 0 Å². The van der Waals surface area contributed by atoms with Crippen LogP contribution in [0.4, 0.5) is 0 Å². The summed E-state index contributed by atoms with van der Waals surface area (Å²) in [6.45, 7) is 6.66. The maximum atomic E-state index is 12.4. The first-order valence-electron chi connectivity index (χ1n) is 8.43. The summed E-state index contributed by atoms with van der Waals surface area (Å²) < 4.78 is 5.80. The molecule has 0 aromatic carbocycles. The molecule has 0 radical (unpaired) electrons. The number of pyridine rings is 1. The van der Waals surface area contributed by atoms with Crippen molar-refractivity contribution in [1.29, 1.82) is 0 Å². The van der Waals surface area contributed by atoms with E-state index in [1.165, 1.54) is 18.4 Å². The zero-order valence-corrected chi connectivity index (χ0v) is 13.8. The minimum absolute atomic E-state index is 0.220. The van der Waals surface area contributed by atoms with E-state index in [4.69, 9.17) is 4.74 Å². The van der Waals surface area contributed by atoms with Gasteiger partial charge >= 0.3 is 0 Å². The average Bonchev–Trinajstić information content (AvgIpc) is 2.53. The molecule has 122 valence electrons. The molecule has 1 amide bonds. The van der Waals surface area contributed by atoms with Crippen molar-refractivity contribution in [1.82, 2.24) is 9.88 Å². The highest BCUT2D eigenvalue weighted by atomic mass is 16.5. The molecule has 4 nitrogen and oxygen atoms in total. The lowest BCUT2D eigenvalue weighted by Crippen LogP contribution is -2.45. The van der Waals surface area contributed by atoms with Gasteiger partial charge in [0.25, 0.3) is 0 Å². The highest BCUT2D eigenvalue weighted by Crippen LogP contribution is 2.15. The molecule has 22 heavy (non-hydrogen) atoms. The number of amides is 1. The minimum Gasteiger partial charge on any atom is -0.375 e. The fourth-order valence-corrected chi connectivity index (χ4v) is 2.83. The molecule has 2 rings (SSSR count). The molecule has 1 atom stereocenters. The third-order valence-electron chi connectivity index (χ3n) is 4.18. The number of aryl methyl sites for hydroxylation is 1. The van der Waals surface area contributed by atoms with Crippen molar-refractivity contribution in [2.24, 2.45) is 5.92 Å². The van der Waals surface area contributed by atoms with Crippen molar-refractivity contribution in [2.45, 2.75) is 52.1 Å². The van der Waals surface area contributed by atoms with Gasteiger partial charge in [-0.25, -0.2) is 0 Å². The van der Waals surface area contributed by atoms with Crippen LogP contribution in [0.3, 0.4) is 0 Å². The Morgan fingerprint density at radius 3 is 2.91 bits per heavy atom. The second-order valence-corrected chi connectivity index (χ2v) is 6.51. The van der Waals surface area contributed by atoms with Gasteiger partial charge in [-0.1, -0.05) is 26.7 Å². The molecule has 1 aliphatic heterocycles. The number of carbonyl (C=O) groups excluding carboxylic acids is 1. The van der Waals surface area contributed by atoms with Gasteiger partial charge in [-0.05, 0) is 36.5 Å². The van der Waals surface area contributed by atoms with Gasteiger partial charge in [0.1, 0.15) is 0 Å². The lowest BCUT2D eigenvalue weighted by molar-refractivity contribution is -0.139. The van der Waals surface area contributed by atoms with Crippen LogP contribution in [-0.4, -0.2) is 41.6 Å². The van der Waals surface area contributed by atoms with Crippen molar-refractivity contribution in [2.75, 3.05) is 19.7 Å². The summed E-state index contributed by atoms with van der Waals surface area (Å²) in [4.78, 5) is 18.3. The first-order chi connectivity index (χ1) is 10.6. The first kappa shape index (κ1) is 16.9. The average molecular weight is 304 g/mol. The molecule has 1 aromatic rings. The van der Waals surface area contributed by atoms with Gasteiger partial charge in [-0.3, -0.25) is 9.78 Å². The minimum atomic E-state index is 0.220. The van der Waals surface area contributed by atoms with E-state index >= 15 is 0 Å². The highest BCUT2D eigenvalue weighted by molar-refractivity contribution is 5.76. The Balaban J connectivity index is 1.72. The van der Waals surface area contributed by atoms with Gasteiger partial charge in [-0.2, -0.15) is 0 Å². The van der Waals surface area contributed by atoms with E-state index in [1.54, 1.807) is 12.4 Å². The van der Waals surface area contributed by atoms with E-state index in [2.05, 4.69) is 18.8 Å². The Morgan fingerprint density at radius 1 is 1.41 bits per heavy atom. The van der Waals surface area contributed by atoms with E-state index < -0.39 is 0 Å². The maximum Gasteiger partial charge on any atom is 0.223 e. The Hall–Kier alpha value is -1.42. The van der Waals surface area contributed by atoms with Gasteiger partial charge in [0.15, 0.2) is 0 Å². The molecule has 4 heteroatoms. The van der Waals surface area contributed by atoms with Crippen molar-refractivity contribution >= 4 is 5.91 Å². The predicted molar refractivity (Wildman–Crippen MR) is 87.6 cm³/mol. The Labute approximate surface area is 133 Å². The summed E-state index contributed by atoms with van der Waals surface area (Å²) in [5, 5.41) is 0. The summed E-state index contributed by atoms with van der Waals surface area (Å²) in [5.74, 6) is 0.982. The van der Waals surface area contributed by atoms with E-state index in [-0.39, 0.29) is 12.0 Å². The Bertz CT molecular complexity index is 448. The van der Waals surface area contributed by atoms with Crippen LogP contribution in [-0.2, 0) is 16.0 Å². The van der Waals surface area contributed by atoms with E-state index in [0.717, 1.165) is 31.8 Å². The Kier molecular flexibility index (Phi) is 6.84. The SMILES string of the molecule is CC(C)CCC[C@H]1CN(C(=O)CCc2ccncc2)CCO1. The number of morpholine rings is 1. The van der Waals surface area contributed by atoms with Crippen molar-refractivity contribution < 1.29 is 9.53 Å². The number of ether oxygens (including phenoxy) is 1. The third kappa shape index (κ3) is 5.76. The van der Waals surface area contributed by atoms with E-state index in [9.17, 15) is 4.79 Å².